The lowest BCUT2D eigenvalue weighted by Gasteiger charge is -2.05. The molecule has 0 saturated heterocycles. The minimum atomic E-state index is -0.969. The first kappa shape index (κ1) is 14.2. The van der Waals surface area contributed by atoms with Crippen molar-refractivity contribution in [3.63, 3.8) is 0 Å². The van der Waals surface area contributed by atoms with Gasteiger partial charge in [0.05, 0.1) is 17.6 Å². The SMILES string of the molecule is CCOC(=O)C(=O)c1c2cc(C)oc2c(O)c2cc(C)oc12. The van der Waals surface area contributed by atoms with Crippen molar-refractivity contribution >= 4 is 33.7 Å². The summed E-state index contributed by atoms with van der Waals surface area (Å²) in [6, 6.07) is 3.17. The maximum absolute atomic E-state index is 12.4. The molecule has 0 unspecified atom stereocenters. The van der Waals surface area contributed by atoms with Crippen LogP contribution in [0.15, 0.2) is 21.0 Å². The third-order valence-electron chi connectivity index (χ3n) is 3.37. The molecule has 3 aromatic rings. The highest BCUT2D eigenvalue weighted by Crippen LogP contribution is 2.40. The van der Waals surface area contributed by atoms with Crippen molar-refractivity contribution in [2.24, 2.45) is 0 Å². The van der Waals surface area contributed by atoms with E-state index in [4.69, 9.17) is 13.6 Å². The average molecular weight is 302 g/mol. The smallest absolute Gasteiger partial charge is 0.379 e. The van der Waals surface area contributed by atoms with Gasteiger partial charge in [-0.3, -0.25) is 4.79 Å². The zero-order valence-electron chi connectivity index (χ0n) is 12.4. The Hall–Kier alpha value is -2.76. The van der Waals surface area contributed by atoms with E-state index in [0.29, 0.717) is 22.3 Å². The molecule has 3 rings (SSSR count). The number of hydrogen-bond donors (Lipinski definition) is 1. The molecule has 0 amide bonds. The van der Waals surface area contributed by atoms with Gasteiger partial charge in [0.25, 0.3) is 5.78 Å². The summed E-state index contributed by atoms with van der Waals surface area (Å²) < 4.78 is 15.7. The van der Waals surface area contributed by atoms with E-state index in [1.54, 1.807) is 32.9 Å². The second kappa shape index (κ2) is 4.91. The first-order valence-corrected chi connectivity index (χ1v) is 6.80. The summed E-state index contributed by atoms with van der Waals surface area (Å²) in [6.07, 6.45) is 0. The topological polar surface area (TPSA) is 89.9 Å². The molecule has 0 spiro atoms. The molecule has 6 nitrogen and oxygen atoms in total. The minimum absolute atomic E-state index is 0.0474. The average Bonchev–Trinajstić information content (AvgIpc) is 3.02. The van der Waals surface area contributed by atoms with Crippen molar-refractivity contribution in [3.05, 3.63) is 29.2 Å². The molecule has 0 bridgehead atoms. The molecular formula is C16H14O6. The summed E-state index contributed by atoms with van der Waals surface area (Å²) in [5, 5.41) is 11.0. The van der Waals surface area contributed by atoms with Crippen LogP contribution < -0.4 is 0 Å². The number of esters is 1. The van der Waals surface area contributed by atoms with Crippen LogP contribution in [-0.2, 0) is 9.53 Å². The lowest BCUT2D eigenvalue weighted by Crippen LogP contribution is -2.18. The third-order valence-corrected chi connectivity index (χ3v) is 3.37. The van der Waals surface area contributed by atoms with Crippen LogP contribution in [0.4, 0.5) is 0 Å². The van der Waals surface area contributed by atoms with Crippen LogP contribution in [0, 0.1) is 13.8 Å². The number of ether oxygens (including phenoxy) is 1. The summed E-state index contributed by atoms with van der Waals surface area (Å²) in [5.74, 6) is -0.897. The van der Waals surface area contributed by atoms with E-state index in [1.807, 2.05) is 0 Å². The van der Waals surface area contributed by atoms with Crippen molar-refractivity contribution in [1.29, 1.82) is 0 Å². The van der Waals surface area contributed by atoms with Gasteiger partial charge >= 0.3 is 5.97 Å². The molecule has 1 aromatic carbocycles. The number of phenols is 1. The van der Waals surface area contributed by atoms with Crippen LogP contribution >= 0.6 is 0 Å². The van der Waals surface area contributed by atoms with E-state index in [9.17, 15) is 14.7 Å². The molecule has 2 heterocycles. The lowest BCUT2D eigenvalue weighted by atomic mass is 10.0. The summed E-state index contributed by atoms with van der Waals surface area (Å²) in [4.78, 5) is 24.3. The Labute approximate surface area is 125 Å². The Balaban J connectivity index is 2.40. The van der Waals surface area contributed by atoms with Gasteiger partial charge in [0.15, 0.2) is 11.3 Å². The van der Waals surface area contributed by atoms with Gasteiger partial charge in [-0.15, -0.1) is 0 Å². The number of rotatable bonds is 3. The van der Waals surface area contributed by atoms with Crippen LogP contribution in [0.25, 0.3) is 21.9 Å². The van der Waals surface area contributed by atoms with Crippen LogP contribution in [0.1, 0.15) is 28.8 Å². The second-order valence-corrected chi connectivity index (χ2v) is 4.97. The Morgan fingerprint density at radius 3 is 2.32 bits per heavy atom. The van der Waals surface area contributed by atoms with Crippen LogP contribution in [0.5, 0.6) is 5.75 Å². The van der Waals surface area contributed by atoms with Gasteiger partial charge < -0.3 is 18.7 Å². The van der Waals surface area contributed by atoms with Crippen LogP contribution in [-0.4, -0.2) is 23.5 Å². The number of furan rings is 2. The second-order valence-electron chi connectivity index (χ2n) is 4.97. The molecule has 114 valence electrons. The number of aromatic hydroxyl groups is 1. The molecular weight excluding hydrogens is 288 g/mol. The summed E-state index contributed by atoms with van der Waals surface area (Å²) in [6.45, 7) is 5.08. The number of carbonyl (C=O) groups excluding carboxylic acids is 2. The lowest BCUT2D eigenvalue weighted by molar-refractivity contribution is -0.137. The molecule has 1 N–H and O–H groups in total. The number of aryl methyl sites for hydroxylation is 2. The molecule has 0 radical (unpaired) electrons. The Kier molecular flexibility index (Phi) is 3.16. The molecule has 6 heteroatoms. The van der Waals surface area contributed by atoms with Crippen molar-refractivity contribution in [3.8, 4) is 5.75 Å². The molecule has 0 aliphatic heterocycles. The predicted molar refractivity (Wildman–Crippen MR) is 78.1 cm³/mol. The number of fused-ring (bicyclic) bond motifs is 2. The van der Waals surface area contributed by atoms with Gasteiger partial charge in [-0.1, -0.05) is 0 Å². The van der Waals surface area contributed by atoms with E-state index in [2.05, 4.69) is 0 Å². The van der Waals surface area contributed by atoms with Gasteiger partial charge in [-0.05, 0) is 32.9 Å². The molecule has 0 fully saturated rings. The maximum Gasteiger partial charge on any atom is 0.379 e. The number of hydrogen-bond acceptors (Lipinski definition) is 6. The van der Waals surface area contributed by atoms with Crippen LogP contribution in [0.3, 0.4) is 0 Å². The summed E-state index contributed by atoms with van der Waals surface area (Å²) >= 11 is 0. The highest BCUT2D eigenvalue weighted by atomic mass is 16.5. The highest BCUT2D eigenvalue weighted by molar-refractivity contribution is 6.45. The largest absolute Gasteiger partial charge is 0.504 e. The van der Waals surface area contributed by atoms with E-state index in [1.165, 1.54) is 0 Å². The van der Waals surface area contributed by atoms with Crippen molar-refractivity contribution in [1.82, 2.24) is 0 Å². The van der Waals surface area contributed by atoms with Crippen molar-refractivity contribution < 1.29 is 28.3 Å². The van der Waals surface area contributed by atoms with Gasteiger partial charge in [0.1, 0.15) is 17.1 Å². The standard InChI is InChI=1S/C16H14O6/c1-4-20-16(19)13(18)11-9-5-7(2)22-15(9)12(17)10-6-8(3)21-14(10)11/h5-6,17H,4H2,1-3H3. The molecule has 0 atom stereocenters. The van der Waals surface area contributed by atoms with Gasteiger partial charge in [0, 0.05) is 5.39 Å². The zero-order chi connectivity index (χ0) is 16.0. The monoisotopic (exact) mass is 302 g/mol. The quantitative estimate of drug-likeness (QED) is 0.454. The molecule has 0 aliphatic rings. The normalized spacial score (nSPS) is 11.2. The molecule has 0 saturated carbocycles. The Morgan fingerprint density at radius 2 is 1.68 bits per heavy atom. The third kappa shape index (κ3) is 1.95. The number of ketones is 1. The van der Waals surface area contributed by atoms with E-state index in [-0.39, 0.29) is 29.1 Å². The first-order chi connectivity index (χ1) is 10.4. The Bertz CT molecular complexity index is 854. The first-order valence-electron chi connectivity index (χ1n) is 6.80. The van der Waals surface area contributed by atoms with Crippen molar-refractivity contribution in [2.45, 2.75) is 20.8 Å². The summed E-state index contributed by atoms with van der Waals surface area (Å²) in [5.41, 5.74) is 0.353. The predicted octanol–water partition coefficient (Wildman–Crippen LogP) is 3.25. The Morgan fingerprint density at radius 1 is 1.09 bits per heavy atom. The van der Waals surface area contributed by atoms with Crippen molar-refractivity contribution in [2.75, 3.05) is 6.61 Å². The van der Waals surface area contributed by atoms with Gasteiger partial charge in [-0.2, -0.15) is 0 Å². The maximum atomic E-state index is 12.4. The molecule has 2 aromatic heterocycles. The number of carbonyl (C=O) groups is 2. The minimum Gasteiger partial charge on any atom is -0.504 e. The number of Topliss-reactive ketones (excluding diaryl/α,β-unsaturated/α-hetero) is 1. The highest BCUT2D eigenvalue weighted by Gasteiger charge is 2.29. The number of phenolic OH excluding ortho intramolecular Hbond substituents is 1. The summed E-state index contributed by atoms with van der Waals surface area (Å²) in [7, 11) is 0. The van der Waals surface area contributed by atoms with Crippen LogP contribution in [0.2, 0.25) is 0 Å². The van der Waals surface area contributed by atoms with Gasteiger partial charge in [-0.25, -0.2) is 4.79 Å². The van der Waals surface area contributed by atoms with E-state index in [0.717, 1.165) is 0 Å². The fourth-order valence-electron chi connectivity index (χ4n) is 2.52. The zero-order valence-corrected chi connectivity index (χ0v) is 12.4. The number of benzene rings is 1. The fraction of sp³-hybridized carbons (Fsp3) is 0.250. The molecule has 0 aliphatic carbocycles. The fourth-order valence-corrected chi connectivity index (χ4v) is 2.52. The molecule has 22 heavy (non-hydrogen) atoms. The van der Waals surface area contributed by atoms with E-state index >= 15 is 0 Å². The van der Waals surface area contributed by atoms with Gasteiger partial charge in [0.2, 0.25) is 0 Å². The van der Waals surface area contributed by atoms with E-state index < -0.39 is 11.8 Å².